The molecular formula is C14H18BrN3O3. The Kier molecular flexibility index (Phi) is 5.17. The minimum atomic E-state index is -0.743. The molecule has 114 valence electrons. The molecule has 1 fully saturated rings. The maximum Gasteiger partial charge on any atom is 0.320 e. The highest BCUT2D eigenvalue weighted by Crippen LogP contribution is 2.24. The fourth-order valence-corrected chi connectivity index (χ4v) is 2.66. The van der Waals surface area contributed by atoms with Crippen LogP contribution in [0.2, 0.25) is 0 Å². The van der Waals surface area contributed by atoms with Gasteiger partial charge in [0.05, 0.1) is 11.6 Å². The Morgan fingerprint density at radius 3 is 2.52 bits per heavy atom. The summed E-state index contributed by atoms with van der Waals surface area (Å²) in [7, 11) is 0. The Morgan fingerprint density at radius 1 is 1.29 bits per heavy atom. The molecule has 0 radical (unpaired) electrons. The number of urea groups is 1. The number of rotatable bonds is 3. The van der Waals surface area contributed by atoms with Gasteiger partial charge < -0.3 is 10.4 Å². The molecule has 1 heterocycles. The quantitative estimate of drug-likeness (QED) is 0.777. The Labute approximate surface area is 131 Å². The first kappa shape index (κ1) is 15.8. The van der Waals surface area contributed by atoms with Crippen molar-refractivity contribution in [2.24, 2.45) is 5.92 Å². The van der Waals surface area contributed by atoms with Gasteiger partial charge in [-0.05, 0) is 60.7 Å². The van der Waals surface area contributed by atoms with Gasteiger partial charge in [-0.2, -0.15) is 0 Å². The van der Waals surface area contributed by atoms with Crippen LogP contribution in [-0.4, -0.2) is 28.1 Å². The molecule has 1 aromatic heterocycles. The van der Waals surface area contributed by atoms with E-state index in [-0.39, 0.29) is 18.0 Å². The SMILES string of the molecule is Cc1nc(NC(=O)NC2CCC(C(=O)O)CC2)ccc1Br. The predicted octanol–water partition coefficient (Wildman–Crippen LogP) is 2.92. The first-order chi connectivity index (χ1) is 9.95. The molecule has 3 N–H and O–H groups in total. The number of hydrogen-bond acceptors (Lipinski definition) is 3. The lowest BCUT2D eigenvalue weighted by atomic mass is 9.86. The van der Waals surface area contributed by atoms with Crippen LogP contribution in [0.15, 0.2) is 16.6 Å². The van der Waals surface area contributed by atoms with Crippen molar-refractivity contribution < 1.29 is 14.7 Å². The molecule has 21 heavy (non-hydrogen) atoms. The molecule has 6 nitrogen and oxygen atoms in total. The molecule has 2 rings (SSSR count). The van der Waals surface area contributed by atoms with Crippen LogP contribution in [-0.2, 0) is 4.79 Å². The number of pyridine rings is 1. The number of nitrogens with zero attached hydrogens (tertiary/aromatic N) is 1. The van der Waals surface area contributed by atoms with Crippen molar-refractivity contribution in [2.75, 3.05) is 5.32 Å². The molecule has 0 aliphatic heterocycles. The molecule has 0 spiro atoms. The topological polar surface area (TPSA) is 91.3 Å². The zero-order valence-electron chi connectivity index (χ0n) is 11.7. The standard InChI is InChI=1S/C14H18BrN3O3/c1-8-11(15)6-7-12(16-8)18-14(21)17-10-4-2-9(3-5-10)13(19)20/h6-7,9-10H,2-5H2,1H3,(H,19,20)(H2,16,17,18,21). The van der Waals surface area contributed by atoms with Crippen LogP contribution < -0.4 is 10.6 Å². The predicted molar refractivity (Wildman–Crippen MR) is 82.2 cm³/mol. The molecule has 0 atom stereocenters. The summed E-state index contributed by atoms with van der Waals surface area (Å²) in [5.74, 6) is -0.526. The van der Waals surface area contributed by atoms with Crippen molar-refractivity contribution in [1.82, 2.24) is 10.3 Å². The second-order valence-electron chi connectivity index (χ2n) is 5.25. The van der Waals surface area contributed by atoms with E-state index in [2.05, 4.69) is 31.5 Å². The Hall–Kier alpha value is -1.63. The summed E-state index contributed by atoms with van der Waals surface area (Å²) in [6.45, 7) is 1.85. The van der Waals surface area contributed by atoms with Crippen LogP contribution in [0.25, 0.3) is 0 Å². The third kappa shape index (κ3) is 4.42. The molecule has 1 aromatic rings. The first-order valence-electron chi connectivity index (χ1n) is 6.89. The molecule has 0 aromatic carbocycles. The molecule has 1 aliphatic carbocycles. The lowest BCUT2D eigenvalue weighted by Gasteiger charge is -2.26. The Balaban J connectivity index is 1.82. The van der Waals surface area contributed by atoms with Crippen LogP contribution in [0.4, 0.5) is 10.6 Å². The number of carboxylic acid groups (broad SMARTS) is 1. The van der Waals surface area contributed by atoms with Gasteiger partial charge in [-0.15, -0.1) is 0 Å². The highest BCUT2D eigenvalue weighted by atomic mass is 79.9. The van der Waals surface area contributed by atoms with Gasteiger partial charge in [0.15, 0.2) is 0 Å². The number of anilines is 1. The molecule has 2 amide bonds. The van der Waals surface area contributed by atoms with Crippen LogP contribution in [0, 0.1) is 12.8 Å². The number of hydrogen-bond donors (Lipinski definition) is 3. The largest absolute Gasteiger partial charge is 0.481 e. The molecule has 7 heteroatoms. The molecule has 1 saturated carbocycles. The van der Waals surface area contributed by atoms with Crippen molar-refractivity contribution >= 4 is 33.7 Å². The monoisotopic (exact) mass is 355 g/mol. The average molecular weight is 356 g/mol. The van der Waals surface area contributed by atoms with Gasteiger partial charge in [-0.3, -0.25) is 10.1 Å². The minimum absolute atomic E-state index is 0.0251. The highest BCUT2D eigenvalue weighted by molar-refractivity contribution is 9.10. The number of aromatic nitrogens is 1. The number of aliphatic carboxylic acids is 1. The molecule has 0 saturated heterocycles. The zero-order chi connectivity index (χ0) is 15.4. The van der Waals surface area contributed by atoms with E-state index in [1.165, 1.54) is 0 Å². The Morgan fingerprint density at radius 2 is 1.95 bits per heavy atom. The van der Waals surface area contributed by atoms with E-state index in [1.54, 1.807) is 6.07 Å². The first-order valence-corrected chi connectivity index (χ1v) is 7.68. The third-order valence-electron chi connectivity index (χ3n) is 3.67. The second kappa shape index (κ2) is 6.89. The van der Waals surface area contributed by atoms with Crippen molar-refractivity contribution in [1.29, 1.82) is 0 Å². The summed E-state index contributed by atoms with van der Waals surface area (Å²) in [5, 5.41) is 14.5. The Bertz CT molecular complexity index is 542. The van der Waals surface area contributed by atoms with Crippen LogP contribution in [0.1, 0.15) is 31.4 Å². The lowest BCUT2D eigenvalue weighted by Crippen LogP contribution is -2.41. The van der Waals surface area contributed by atoms with E-state index in [9.17, 15) is 9.59 Å². The molecule has 0 bridgehead atoms. The third-order valence-corrected chi connectivity index (χ3v) is 4.51. The zero-order valence-corrected chi connectivity index (χ0v) is 13.3. The van der Waals surface area contributed by atoms with Crippen molar-refractivity contribution in [2.45, 2.75) is 38.6 Å². The maximum absolute atomic E-state index is 11.9. The van der Waals surface area contributed by atoms with Gasteiger partial charge in [0.1, 0.15) is 5.82 Å². The number of aryl methyl sites for hydroxylation is 1. The lowest BCUT2D eigenvalue weighted by molar-refractivity contribution is -0.142. The van der Waals surface area contributed by atoms with E-state index in [1.807, 2.05) is 13.0 Å². The van der Waals surface area contributed by atoms with Gasteiger partial charge in [0.25, 0.3) is 0 Å². The smallest absolute Gasteiger partial charge is 0.320 e. The number of amides is 2. The van der Waals surface area contributed by atoms with E-state index in [0.29, 0.717) is 31.5 Å². The number of carbonyl (C=O) groups is 2. The second-order valence-corrected chi connectivity index (χ2v) is 6.10. The fourth-order valence-electron chi connectivity index (χ4n) is 2.44. The molecular weight excluding hydrogens is 338 g/mol. The summed E-state index contributed by atoms with van der Waals surface area (Å²) < 4.78 is 0.889. The minimum Gasteiger partial charge on any atom is -0.481 e. The number of carboxylic acids is 1. The average Bonchev–Trinajstić information content (AvgIpc) is 2.43. The van der Waals surface area contributed by atoms with Crippen LogP contribution in [0.3, 0.4) is 0 Å². The number of halogens is 1. The van der Waals surface area contributed by atoms with Gasteiger partial charge in [-0.25, -0.2) is 9.78 Å². The van der Waals surface area contributed by atoms with E-state index in [0.717, 1.165) is 10.2 Å². The molecule has 0 unspecified atom stereocenters. The highest BCUT2D eigenvalue weighted by Gasteiger charge is 2.26. The van der Waals surface area contributed by atoms with Crippen molar-refractivity contribution in [3.05, 3.63) is 22.3 Å². The number of carbonyl (C=O) groups excluding carboxylic acids is 1. The van der Waals surface area contributed by atoms with Gasteiger partial charge in [0, 0.05) is 10.5 Å². The van der Waals surface area contributed by atoms with Gasteiger partial charge >= 0.3 is 12.0 Å². The summed E-state index contributed by atoms with van der Waals surface area (Å²) >= 11 is 3.35. The normalized spacial score (nSPS) is 21.6. The summed E-state index contributed by atoms with van der Waals surface area (Å²) in [6, 6.07) is 3.27. The van der Waals surface area contributed by atoms with Crippen LogP contribution in [0.5, 0.6) is 0 Å². The van der Waals surface area contributed by atoms with Crippen molar-refractivity contribution in [3.63, 3.8) is 0 Å². The summed E-state index contributed by atoms with van der Waals surface area (Å²) in [4.78, 5) is 27.0. The van der Waals surface area contributed by atoms with Crippen molar-refractivity contribution in [3.8, 4) is 0 Å². The summed E-state index contributed by atoms with van der Waals surface area (Å²) in [5.41, 5.74) is 0.801. The van der Waals surface area contributed by atoms with Gasteiger partial charge in [0.2, 0.25) is 0 Å². The molecule has 1 aliphatic rings. The van der Waals surface area contributed by atoms with Gasteiger partial charge in [-0.1, -0.05) is 0 Å². The maximum atomic E-state index is 11.9. The number of nitrogens with one attached hydrogen (secondary N) is 2. The fraction of sp³-hybridized carbons (Fsp3) is 0.500. The summed E-state index contributed by atoms with van der Waals surface area (Å²) in [6.07, 6.45) is 2.60. The van der Waals surface area contributed by atoms with E-state index >= 15 is 0 Å². The van der Waals surface area contributed by atoms with E-state index in [4.69, 9.17) is 5.11 Å². The van der Waals surface area contributed by atoms with E-state index < -0.39 is 5.97 Å². The van der Waals surface area contributed by atoms with Crippen LogP contribution >= 0.6 is 15.9 Å².